The van der Waals surface area contributed by atoms with Gasteiger partial charge in [0, 0.05) is 0 Å². The molecule has 0 radical (unpaired) electrons. The minimum atomic E-state index is -1.20. The summed E-state index contributed by atoms with van der Waals surface area (Å²) in [6, 6.07) is 0. The molecule has 0 N–H and O–H groups in total. The minimum Gasteiger partial charge on any atom is -0.545 e. The number of hydrogen-bond acceptors (Lipinski definition) is 2. The maximum Gasteiger partial charge on any atom is 0.0672 e. The standard InChI is InChI=1S/C7H10O2/c1-5(2)4-6(3)7(8)9/h1,3-4H2,2H3,(H,8,9)/p-1. The lowest BCUT2D eigenvalue weighted by atomic mass is 10.1. The van der Waals surface area contributed by atoms with E-state index in [1.807, 2.05) is 0 Å². The van der Waals surface area contributed by atoms with E-state index in [0.717, 1.165) is 5.57 Å². The number of carbonyl (C=O) groups is 1. The van der Waals surface area contributed by atoms with E-state index in [-0.39, 0.29) is 5.57 Å². The van der Waals surface area contributed by atoms with Gasteiger partial charge in [-0.2, -0.15) is 0 Å². The fourth-order valence-electron chi connectivity index (χ4n) is 0.436. The first-order valence-electron chi connectivity index (χ1n) is 2.57. The fraction of sp³-hybridized carbons (Fsp3) is 0.286. The molecular weight excluding hydrogens is 116 g/mol. The van der Waals surface area contributed by atoms with Crippen molar-refractivity contribution in [2.75, 3.05) is 0 Å². The summed E-state index contributed by atoms with van der Waals surface area (Å²) in [6.07, 6.45) is 0.322. The molecular formula is C7H9O2-. The Morgan fingerprint density at radius 1 is 1.56 bits per heavy atom. The van der Waals surface area contributed by atoms with Crippen LogP contribution >= 0.6 is 0 Å². The van der Waals surface area contributed by atoms with Crippen LogP contribution in [-0.4, -0.2) is 5.97 Å². The Kier molecular flexibility index (Phi) is 2.71. The van der Waals surface area contributed by atoms with E-state index in [1.54, 1.807) is 6.92 Å². The van der Waals surface area contributed by atoms with Crippen LogP contribution in [0.15, 0.2) is 24.3 Å². The molecule has 0 saturated carbocycles. The van der Waals surface area contributed by atoms with Crippen LogP contribution in [0.2, 0.25) is 0 Å². The van der Waals surface area contributed by atoms with Gasteiger partial charge in [0.15, 0.2) is 0 Å². The van der Waals surface area contributed by atoms with Crippen molar-refractivity contribution in [1.29, 1.82) is 0 Å². The molecule has 0 saturated heterocycles. The van der Waals surface area contributed by atoms with Gasteiger partial charge < -0.3 is 9.90 Å². The van der Waals surface area contributed by atoms with Gasteiger partial charge in [0.05, 0.1) is 5.97 Å². The summed E-state index contributed by atoms with van der Waals surface area (Å²) < 4.78 is 0. The SMILES string of the molecule is C=C(C)CC(=C)C(=O)[O-]. The number of allylic oxidation sites excluding steroid dienone is 1. The smallest absolute Gasteiger partial charge is 0.0672 e. The zero-order chi connectivity index (χ0) is 7.44. The third kappa shape index (κ3) is 3.53. The summed E-state index contributed by atoms with van der Waals surface area (Å²) in [5, 5.41) is 9.98. The lowest BCUT2D eigenvalue weighted by Gasteiger charge is -2.03. The van der Waals surface area contributed by atoms with Crippen LogP contribution in [0, 0.1) is 0 Å². The summed E-state index contributed by atoms with van der Waals surface area (Å²) in [5.74, 6) is -1.20. The third-order valence-corrected chi connectivity index (χ3v) is 0.804. The highest BCUT2D eigenvalue weighted by molar-refractivity contribution is 5.84. The molecule has 0 heterocycles. The van der Waals surface area contributed by atoms with Gasteiger partial charge in [0.2, 0.25) is 0 Å². The number of hydrogen-bond donors (Lipinski definition) is 0. The van der Waals surface area contributed by atoms with Gasteiger partial charge in [-0.3, -0.25) is 0 Å². The minimum absolute atomic E-state index is 0.0856. The van der Waals surface area contributed by atoms with Crippen LogP contribution in [0.1, 0.15) is 13.3 Å². The van der Waals surface area contributed by atoms with Crippen LogP contribution in [0.4, 0.5) is 0 Å². The summed E-state index contributed by atoms with van der Waals surface area (Å²) in [7, 11) is 0. The van der Waals surface area contributed by atoms with Crippen molar-refractivity contribution in [2.45, 2.75) is 13.3 Å². The Labute approximate surface area is 54.5 Å². The second-order valence-electron chi connectivity index (χ2n) is 2.02. The highest BCUT2D eigenvalue weighted by Crippen LogP contribution is 2.03. The molecule has 0 aliphatic carbocycles. The highest BCUT2D eigenvalue weighted by Gasteiger charge is 1.92. The number of carbonyl (C=O) groups excluding carboxylic acids is 1. The zero-order valence-corrected chi connectivity index (χ0v) is 5.44. The van der Waals surface area contributed by atoms with E-state index in [2.05, 4.69) is 13.2 Å². The molecule has 0 bridgehead atoms. The summed E-state index contributed by atoms with van der Waals surface area (Å²) in [6.45, 7) is 8.54. The molecule has 0 unspecified atom stereocenters. The Balaban J connectivity index is 3.79. The Morgan fingerprint density at radius 3 is 2.11 bits per heavy atom. The summed E-state index contributed by atoms with van der Waals surface area (Å²) in [5.41, 5.74) is 0.867. The van der Waals surface area contributed by atoms with Gasteiger partial charge in [-0.05, 0) is 18.9 Å². The first-order chi connectivity index (χ1) is 4.04. The van der Waals surface area contributed by atoms with Gasteiger partial charge in [0.1, 0.15) is 0 Å². The normalized spacial score (nSPS) is 8.56. The Morgan fingerprint density at radius 2 is 2.00 bits per heavy atom. The predicted octanol–water partition coefficient (Wildman–Crippen LogP) is 0.259. The number of rotatable bonds is 3. The average Bonchev–Trinajstić information content (AvgIpc) is 1.63. The number of aliphatic carboxylic acids is 1. The molecule has 0 atom stereocenters. The van der Waals surface area contributed by atoms with E-state index < -0.39 is 5.97 Å². The van der Waals surface area contributed by atoms with Crippen molar-refractivity contribution in [2.24, 2.45) is 0 Å². The van der Waals surface area contributed by atoms with Crippen LogP contribution < -0.4 is 5.11 Å². The van der Waals surface area contributed by atoms with E-state index in [1.165, 1.54) is 0 Å². The van der Waals surface area contributed by atoms with Crippen LogP contribution in [0.25, 0.3) is 0 Å². The molecule has 0 aromatic carbocycles. The third-order valence-electron chi connectivity index (χ3n) is 0.804. The highest BCUT2D eigenvalue weighted by atomic mass is 16.4. The van der Waals surface area contributed by atoms with Crippen LogP contribution in [0.3, 0.4) is 0 Å². The lowest BCUT2D eigenvalue weighted by molar-refractivity contribution is -0.299. The molecule has 9 heavy (non-hydrogen) atoms. The average molecular weight is 125 g/mol. The van der Waals surface area contributed by atoms with Gasteiger partial charge in [-0.15, -0.1) is 0 Å². The second-order valence-corrected chi connectivity index (χ2v) is 2.02. The maximum atomic E-state index is 9.98. The van der Waals surface area contributed by atoms with Crippen LogP contribution in [0.5, 0.6) is 0 Å². The Hall–Kier alpha value is -1.05. The van der Waals surface area contributed by atoms with Crippen molar-refractivity contribution in [1.82, 2.24) is 0 Å². The maximum absolute atomic E-state index is 9.98. The quantitative estimate of drug-likeness (QED) is 0.401. The van der Waals surface area contributed by atoms with Crippen molar-refractivity contribution < 1.29 is 9.90 Å². The molecule has 0 aliphatic heterocycles. The molecule has 2 nitrogen and oxygen atoms in total. The molecule has 0 rings (SSSR count). The van der Waals surface area contributed by atoms with Crippen LogP contribution in [-0.2, 0) is 4.79 Å². The van der Waals surface area contributed by atoms with Gasteiger partial charge in [0.25, 0.3) is 0 Å². The van der Waals surface area contributed by atoms with E-state index in [0.29, 0.717) is 6.42 Å². The van der Waals surface area contributed by atoms with E-state index >= 15 is 0 Å². The van der Waals surface area contributed by atoms with Gasteiger partial charge >= 0.3 is 0 Å². The predicted molar refractivity (Wildman–Crippen MR) is 33.6 cm³/mol. The molecule has 2 heteroatoms. The lowest BCUT2D eigenvalue weighted by Crippen LogP contribution is -2.23. The summed E-state index contributed by atoms with van der Waals surface area (Å²) in [4.78, 5) is 9.98. The molecule has 0 aromatic rings. The van der Waals surface area contributed by atoms with Gasteiger partial charge in [-0.25, -0.2) is 0 Å². The monoisotopic (exact) mass is 125 g/mol. The van der Waals surface area contributed by atoms with Crippen molar-refractivity contribution in [3.63, 3.8) is 0 Å². The number of carboxylic acid groups (broad SMARTS) is 1. The fourth-order valence-corrected chi connectivity index (χ4v) is 0.436. The van der Waals surface area contributed by atoms with Gasteiger partial charge in [-0.1, -0.05) is 18.7 Å². The molecule has 0 aliphatic rings. The summed E-state index contributed by atoms with van der Waals surface area (Å²) >= 11 is 0. The molecule has 50 valence electrons. The largest absolute Gasteiger partial charge is 0.545 e. The van der Waals surface area contributed by atoms with Crippen molar-refractivity contribution >= 4 is 5.97 Å². The Bertz CT molecular complexity index is 156. The second kappa shape index (κ2) is 3.07. The van der Waals surface area contributed by atoms with Crippen molar-refractivity contribution in [3.8, 4) is 0 Å². The van der Waals surface area contributed by atoms with Crippen molar-refractivity contribution in [3.05, 3.63) is 24.3 Å². The van der Waals surface area contributed by atoms with E-state index in [9.17, 15) is 9.90 Å². The first-order valence-corrected chi connectivity index (χ1v) is 2.57. The first kappa shape index (κ1) is 7.95. The topological polar surface area (TPSA) is 40.1 Å². The zero-order valence-electron chi connectivity index (χ0n) is 5.44. The molecule has 0 aromatic heterocycles. The van der Waals surface area contributed by atoms with E-state index in [4.69, 9.17) is 0 Å². The number of carboxylic acids is 1. The molecule has 0 spiro atoms. The molecule has 0 amide bonds. The molecule has 0 fully saturated rings.